The Hall–Kier alpha value is 0.750. The molecule has 33 heavy (non-hydrogen) atoms. The number of hydrogen-bond acceptors (Lipinski definition) is 3. The van der Waals surface area contributed by atoms with E-state index in [-0.39, 0.29) is 37.2 Å². The van der Waals surface area contributed by atoms with Gasteiger partial charge in [-0.05, 0) is 115 Å². The molecule has 0 unspecified atom stereocenters. The van der Waals surface area contributed by atoms with Gasteiger partial charge in [-0.25, -0.2) is 0 Å². The van der Waals surface area contributed by atoms with Gasteiger partial charge < -0.3 is 9.84 Å². The lowest BCUT2D eigenvalue weighted by Gasteiger charge is -2.26. The lowest BCUT2D eigenvalue weighted by molar-refractivity contribution is 0.101. The van der Waals surface area contributed by atoms with Crippen molar-refractivity contribution in [3.05, 3.63) is 73.6 Å². The molecule has 3 aromatic rings. The Kier molecular flexibility index (Phi) is 8.04. The summed E-state index contributed by atoms with van der Waals surface area (Å²) in [6.45, 7) is 5.53. The van der Waals surface area contributed by atoms with Gasteiger partial charge >= 0.3 is 0 Å². The number of halogens is 8. The fourth-order valence-corrected chi connectivity index (χ4v) is 8.17. The van der Waals surface area contributed by atoms with E-state index in [9.17, 15) is 9.90 Å². The van der Waals surface area contributed by atoms with Crippen LogP contribution in [-0.4, -0.2) is 10.9 Å². The molecule has 0 aromatic heterocycles. The molecule has 0 saturated carbocycles. The lowest BCUT2D eigenvalue weighted by atomic mass is 9.88. The normalized spacial score (nSPS) is 12.3. The number of ketones is 1. The number of carbonyl (C=O) groups excluding carboxylic acids is 1. The number of carbonyl (C=O) groups is 1. The van der Waals surface area contributed by atoms with E-state index in [0.29, 0.717) is 40.6 Å². The second-order valence-electron chi connectivity index (χ2n) is 6.96. The van der Waals surface area contributed by atoms with Crippen molar-refractivity contribution in [2.24, 2.45) is 0 Å². The number of rotatable bonds is 2. The molecule has 0 saturated heterocycles. The SMILES string of the molecule is C=c1c(I)cc2c(c1I)Oc1c(cc(I)c(O)c1I)C=2c1c(Cl)c(Cl)c(Cl)c(Cl)c1C(C)=O. The van der Waals surface area contributed by atoms with E-state index in [4.69, 9.17) is 51.1 Å². The Labute approximate surface area is 263 Å². The molecule has 1 aliphatic rings. The van der Waals surface area contributed by atoms with Gasteiger partial charge in [-0.1, -0.05) is 53.0 Å². The summed E-state index contributed by atoms with van der Waals surface area (Å²) in [6, 6.07) is 3.70. The first-order valence-electron chi connectivity index (χ1n) is 8.86. The third kappa shape index (κ3) is 4.31. The van der Waals surface area contributed by atoms with Crippen molar-refractivity contribution in [2.75, 3.05) is 0 Å². The number of Topliss-reactive ketones (excluding diaryl/α,β-unsaturated/α-hetero) is 1. The van der Waals surface area contributed by atoms with Crippen LogP contribution in [0.15, 0.2) is 12.1 Å². The molecule has 0 atom stereocenters. The van der Waals surface area contributed by atoms with Crippen molar-refractivity contribution >= 4 is 155 Å². The summed E-state index contributed by atoms with van der Waals surface area (Å²) < 4.78 is 9.13. The van der Waals surface area contributed by atoms with Gasteiger partial charge in [0.2, 0.25) is 0 Å². The molecule has 0 fully saturated rings. The third-order valence-electron chi connectivity index (χ3n) is 5.03. The topological polar surface area (TPSA) is 46.5 Å². The smallest absolute Gasteiger partial charge is 0.162 e. The van der Waals surface area contributed by atoms with Gasteiger partial charge in [-0.2, -0.15) is 0 Å². The average molecular weight is 970 g/mol. The van der Waals surface area contributed by atoms with Crippen molar-refractivity contribution in [2.45, 2.75) is 6.92 Å². The second-order valence-corrected chi connectivity index (χ2v) is 13.0. The van der Waals surface area contributed by atoms with Crippen LogP contribution in [0, 0.1) is 14.3 Å². The second kappa shape index (κ2) is 9.90. The Morgan fingerprint density at radius 3 is 2.12 bits per heavy atom. The lowest BCUT2D eigenvalue weighted by Crippen LogP contribution is -2.26. The first-order valence-corrected chi connectivity index (χ1v) is 14.7. The summed E-state index contributed by atoms with van der Waals surface area (Å²) in [4.78, 5) is 12.8. The highest BCUT2D eigenvalue weighted by Crippen LogP contribution is 2.50. The van der Waals surface area contributed by atoms with Crippen LogP contribution < -0.4 is 15.2 Å². The van der Waals surface area contributed by atoms with E-state index in [1.54, 1.807) is 6.07 Å². The molecule has 170 valence electrons. The minimum atomic E-state index is -0.320. The Bertz CT molecular complexity index is 1540. The van der Waals surface area contributed by atoms with E-state index in [0.717, 1.165) is 12.4 Å². The van der Waals surface area contributed by atoms with E-state index in [1.807, 2.05) is 51.2 Å². The van der Waals surface area contributed by atoms with E-state index in [2.05, 4.69) is 51.8 Å². The molecule has 1 heterocycles. The fraction of sp³-hybridized carbons (Fsp3) is 0.0455. The minimum Gasteiger partial charge on any atom is -0.506 e. The van der Waals surface area contributed by atoms with Crippen LogP contribution in [-0.2, 0) is 0 Å². The van der Waals surface area contributed by atoms with Crippen LogP contribution in [0.4, 0.5) is 0 Å². The van der Waals surface area contributed by atoms with Gasteiger partial charge in [0.15, 0.2) is 11.5 Å². The monoisotopic (exact) mass is 968 g/mol. The molecule has 3 nitrogen and oxygen atoms in total. The molecular weight excluding hydrogens is 962 g/mol. The van der Waals surface area contributed by atoms with E-state index < -0.39 is 0 Å². The largest absolute Gasteiger partial charge is 0.506 e. The molecular formula is C22H8Cl4I4O3. The number of hydrogen-bond donors (Lipinski definition) is 1. The maximum absolute atomic E-state index is 12.8. The number of phenolic OH excluding ortho intramolecular Hbond substituents is 1. The summed E-state index contributed by atoms with van der Waals surface area (Å²) in [6.07, 6.45) is 0. The molecule has 0 aliphatic carbocycles. The zero-order valence-corrected chi connectivity index (χ0v) is 27.8. The molecule has 0 bridgehead atoms. The highest BCUT2D eigenvalue weighted by molar-refractivity contribution is 14.1. The summed E-state index contributed by atoms with van der Waals surface area (Å²) in [7, 11) is 0. The van der Waals surface area contributed by atoms with Gasteiger partial charge in [0, 0.05) is 31.1 Å². The number of aromatic hydroxyl groups is 1. The van der Waals surface area contributed by atoms with Crippen LogP contribution >= 0.6 is 137 Å². The van der Waals surface area contributed by atoms with Crippen LogP contribution in [0.1, 0.15) is 28.4 Å². The summed E-state index contributed by atoms with van der Waals surface area (Å²) in [5.74, 6) is 0.745. The van der Waals surface area contributed by atoms with Crippen LogP contribution in [0.2, 0.25) is 20.1 Å². The quantitative estimate of drug-likeness (QED) is 0.0952. The molecule has 0 spiro atoms. The van der Waals surface area contributed by atoms with Gasteiger partial charge in [0.25, 0.3) is 0 Å². The summed E-state index contributed by atoms with van der Waals surface area (Å²) >= 11 is 34.5. The predicted octanol–water partition coefficient (Wildman–Crippen LogP) is 8.39. The maximum Gasteiger partial charge on any atom is 0.162 e. The number of fused-ring (bicyclic) bond motifs is 2. The molecule has 11 heteroatoms. The van der Waals surface area contributed by atoms with E-state index in [1.165, 1.54) is 6.92 Å². The zero-order valence-electron chi connectivity index (χ0n) is 16.1. The van der Waals surface area contributed by atoms with Crippen molar-refractivity contribution in [1.29, 1.82) is 0 Å². The first-order chi connectivity index (χ1) is 15.4. The molecule has 0 radical (unpaired) electrons. The van der Waals surface area contributed by atoms with Crippen LogP contribution in [0.5, 0.6) is 17.2 Å². The molecule has 1 aliphatic heterocycles. The van der Waals surface area contributed by atoms with Crippen molar-refractivity contribution < 1.29 is 14.6 Å². The van der Waals surface area contributed by atoms with Gasteiger partial charge in [0.1, 0.15) is 11.5 Å². The Morgan fingerprint density at radius 1 is 0.909 bits per heavy atom. The van der Waals surface area contributed by atoms with Crippen molar-refractivity contribution in [3.63, 3.8) is 0 Å². The standard InChI is InChI=1S/C22H8Cl4I4O3/c1-5-9(27)3-7-12(13-11(6(2)31)14(23)16(25)17(26)15(13)24)8-4-10(28)20(32)19(30)22(8)33-21(7)18(5)29/h3-4,32H,1H2,2H3. The summed E-state index contributed by atoms with van der Waals surface area (Å²) in [5.41, 5.74) is 1.76. The molecule has 4 rings (SSSR count). The minimum absolute atomic E-state index is 0.0116. The Balaban J connectivity index is 2.38. The predicted molar refractivity (Wildman–Crippen MR) is 168 cm³/mol. The van der Waals surface area contributed by atoms with Crippen molar-refractivity contribution in [1.82, 2.24) is 0 Å². The Morgan fingerprint density at radius 2 is 1.52 bits per heavy atom. The van der Waals surface area contributed by atoms with Gasteiger partial charge in [-0.15, -0.1) is 0 Å². The highest BCUT2D eigenvalue weighted by atomic mass is 127. The van der Waals surface area contributed by atoms with E-state index >= 15 is 0 Å². The van der Waals surface area contributed by atoms with Gasteiger partial charge in [-0.3, -0.25) is 4.79 Å². The van der Waals surface area contributed by atoms with Crippen LogP contribution in [0.25, 0.3) is 12.2 Å². The molecule has 0 amide bonds. The maximum atomic E-state index is 12.8. The summed E-state index contributed by atoms with van der Waals surface area (Å²) in [5, 5.41) is 12.3. The molecule has 3 aromatic carbocycles. The van der Waals surface area contributed by atoms with Crippen LogP contribution in [0.3, 0.4) is 0 Å². The highest BCUT2D eigenvalue weighted by Gasteiger charge is 2.33. The van der Waals surface area contributed by atoms with Crippen molar-refractivity contribution in [3.8, 4) is 17.2 Å². The first kappa shape index (κ1) is 26.8. The zero-order chi connectivity index (χ0) is 24.5. The third-order valence-corrected chi connectivity index (χ3v) is 10.8. The average Bonchev–Trinajstić information content (AvgIpc) is 2.76. The van der Waals surface area contributed by atoms with Gasteiger partial charge in [0.05, 0.1) is 30.8 Å². The number of ether oxygens (including phenoxy) is 1. The number of phenols is 1. The number of benzene rings is 3. The molecule has 1 N–H and O–H groups in total. The fourth-order valence-electron chi connectivity index (χ4n) is 3.52.